The molecule has 0 unspecified atom stereocenters. The second kappa shape index (κ2) is 8.01. The van der Waals surface area contributed by atoms with Crippen LogP contribution in [0.25, 0.3) is 5.65 Å². The maximum atomic E-state index is 13.6. The molecule has 0 fully saturated rings. The van der Waals surface area contributed by atoms with Gasteiger partial charge in [0.2, 0.25) is 5.95 Å². The first-order chi connectivity index (χ1) is 14.1. The molecule has 4 rings (SSSR count). The molecular weight excluding hydrogens is 378 g/mol. The molecule has 4 aromatic rings. The number of anilines is 1. The number of hydrogen-bond acceptors (Lipinski definition) is 5. The molecule has 0 saturated carbocycles. The Labute approximate surface area is 164 Å². The summed E-state index contributed by atoms with van der Waals surface area (Å²) in [6.45, 7) is 0.645. The number of nitrogens with zero attached hydrogens (tertiary/aromatic N) is 4. The standard InChI is InChI=1S/C20H16F2N6O/c21-16-6-7-17(22)26-19(16)23-9-13-1-3-14(4-2-13)10-24-20(29)15-5-8-18-27-25-12-28(18)11-15/h1-8,11-12H,9-10H2,(H,23,26)(H,24,29). The highest BCUT2D eigenvalue weighted by atomic mass is 19.1. The van der Waals surface area contributed by atoms with Gasteiger partial charge in [0, 0.05) is 19.3 Å². The second-order valence-corrected chi connectivity index (χ2v) is 6.33. The first-order valence-electron chi connectivity index (χ1n) is 8.80. The molecule has 0 radical (unpaired) electrons. The number of fused-ring (bicyclic) bond motifs is 1. The average Bonchev–Trinajstić information content (AvgIpc) is 3.21. The van der Waals surface area contributed by atoms with E-state index < -0.39 is 11.8 Å². The van der Waals surface area contributed by atoms with Gasteiger partial charge in [0.1, 0.15) is 6.33 Å². The van der Waals surface area contributed by atoms with Gasteiger partial charge < -0.3 is 10.6 Å². The van der Waals surface area contributed by atoms with E-state index in [0.717, 1.165) is 23.3 Å². The number of pyridine rings is 2. The van der Waals surface area contributed by atoms with Crippen LogP contribution in [0.3, 0.4) is 0 Å². The van der Waals surface area contributed by atoms with E-state index in [1.54, 1.807) is 22.7 Å². The fraction of sp³-hybridized carbons (Fsp3) is 0.100. The molecule has 7 nitrogen and oxygen atoms in total. The van der Waals surface area contributed by atoms with Crippen molar-refractivity contribution in [3.05, 3.63) is 89.5 Å². The van der Waals surface area contributed by atoms with E-state index in [9.17, 15) is 13.6 Å². The van der Waals surface area contributed by atoms with E-state index in [4.69, 9.17) is 0 Å². The smallest absolute Gasteiger partial charge is 0.253 e. The Hall–Kier alpha value is -3.88. The highest BCUT2D eigenvalue weighted by Gasteiger charge is 2.08. The van der Waals surface area contributed by atoms with Gasteiger partial charge in [-0.2, -0.15) is 9.37 Å². The summed E-state index contributed by atoms with van der Waals surface area (Å²) in [6, 6.07) is 12.8. The Bertz CT molecular complexity index is 1160. The molecule has 3 aromatic heterocycles. The van der Waals surface area contributed by atoms with Crippen LogP contribution < -0.4 is 10.6 Å². The lowest BCUT2D eigenvalue weighted by Gasteiger charge is -2.09. The molecule has 0 aliphatic heterocycles. The van der Waals surface area contributed by atoms with Crippen LogP contribution in [0.5, 0.6) is 0 Å². The number of halogens is 2. The summed E-state index contributed by atoms with van der Waals surface area (Å²) in [5.41, 5.74) is 2.94. The van der Waals surface area contributed by atoms with Crippen molar-refractivity contribution in [3.8, 4) is 0 Å². The largest absolute Gasteiger partial charge is 0.363 e. The van der Waals surface area contributed by atoms with Crippen LogP contribution in [0, 0.1) is 11.8 Å². The van der Waals surface area contributed by atoms with Gasteiger partial charge in [0.05, 0.1) is 5.56 Å². The lowest BCUT2D eigenvalue weighted by molar-refractivity contribution is 0.0950. The summed E-state index contributed by atoms with van der Waals surface area (Å²) in [7, 11) is 0. The first-order valence-corrected chi connectivity index (χ1v) is 8.80. The highest BCUT2D eigenvalue weighted by Crippen LogP contribution is 2.13. The molecule has 0 saturated heterocycles. The maximum absolute atomic E-state index is 13.6. The quantitative estimate of drug-likeness (QED) is 0.491. The Balaban J connectivity index is 1.33. The Morgan fingerprint density at radius 2 is 1.72 bits per heavy atom. The SMILES string of the molecule is O=C(NCc1ccc(CNc2nc(F)ccc2F)cc1)c1ccc2nncn2c1. The monoisotopic (exact) mass is 394 g/mol. The zero-order valence-electron chi connectivity index (χ0n) is 15.1. The maximum Gasteiger partial charge on any atom is 0.253 e. The topological polar surface area (TPSA) is 84.2 Å². The van der Waals surface area contributed by atoms with Crippen molar-refractivity contribution < 1.29 is 13.6 Å². The Morgan fingerprint density at radius 3 is 2.52 bits per heavy atom. The van der Waals surface area contributed by atoms with Crippen molar-refractivity contribution in [3.63, 3.8) is 0 Å². The second-order valence-electron chi connectivity index (χ2n) is 6.33. The molecule has 0 atom stereocenters. The van der Waals surface area contributed by atoms with Gasteiger partial charge in [0.15, 0.2) is 17.3 Å². The molecule has 29 heavy (non-hydrogen) atoms. The zero-order valence-corrected chi connectivity index (χ0v) is 15.1. The lowest BCUT2D eigenvalue weighted by atomic mass is 10.1. The predicted molar refractivity (Wildman–Crippen MR) is 102 cm³/mol. The summed E-state index contributed by atoms with van der Waals surface area (Å²) in [5.74, 6) is -1.70. The molecule has 1 amide bonds. The molecule has 1 aromatic carbocycles. The van der Waals surface area contributed by atoms with E-state index >= 15 is 0 Å². The van der Waals surface area contributed by atoms with Crippen molar-refractivity contribution in [1.29, 1.82) is 0 Å². The third-order valence-corrected chi connectivity index (χ3v) is 4.30. The number of benzene rings is 1. The number of rotatable bonds is 6. The van der Waals surface area contributed by atoms with Crippen molar-refractivity contribution in [2.24, 2.45) is 0 Å². The van der Waals surface area contributed by atoms with Crippen LogP contribution in [-0.4, -0.2) is 25.5 Å². The predicted octanol–water partition coefficient (Wildman–Crippen LogP) is 2.94. The van der Waals surface area contributed by atoms with E-state index in [0.29, 0.717) is 24.3 Å². The molecule has 3 heterocycles. The van der Waals surface area contributed by atoms with Crippen LogP contribution in [0.15, 0.2) is 61.1 Å². The fourth-order valence-electron chi connectivity index (χ4n) is 2.75. The normalized spacial score (nSPS) is 10.8. The van der Waals surface area contributed by atoms with Crippen LogP contribution >= 0.6 is 0 Å². The van der Waals surface area contributed by atoms with Crippen molar-refractivity contribution >= 4 is 17.4 Å². The van der Waals surface area contributed by atoms with Gasteiger partial charge >= 0.3 is 0 Å². The van der Waals surface area contributed by atoms with Gasteiger partial charge in [0.25, 0.3) is 5.91 Å². The lowest BCUT2D eigenvalue weighted by Crippen LogP contribution is -2.23. The molecule has 0 spiro atoms. The van der Waals surface area contributed by atoms with E-state index in [1.165, 1.54) is 6.33 Å². The number of carbonyl (C=O) groups excluding carboxylic acids is 1. The average molecular weight is 394 g/mol. The number of amides is 1. The van der Waals surface area contributed by atoms with Crippen molar-refractivity contribution in [2.45, 2.75) is 13.1 Å². The molecule has 146 valence electrons. The summed E-state index contributed by atoms with van der Waals surface area (Å²) >= 11 is 0. The van der Waals surface area contributed by atoms with E-state index in [2.05, 4.69) is 25.8 Å². The minimum absolute atomic E-state index is 0.133. The number of aromatic nitrogens is 4. The van der Waals surface area contributed by atoms with Crippen LogP contribution in [0.1, 0.15) is 21.5 Å². The van der Waals surface area contributed by atoms with Gasteiger partial charge in [-0.15, -0.1) is 10.2 Å². The molecule has 0 bridgehead atoms. The summed E-state index contributed by atoms with van der Waals surface area (Å²) < 4.78 is 28.4. The zero-order chi connectivity index (χ0) is 20.2. The van der Waals surface area contributed by atoms with Crippen LogP contribution in [0.2, 0.25) is 0 Å². The highest BCUT2D eigenvalue weighted by molar-refractivity contribution is 5.94. The summed E-state index contributed by atoms with van der Waals surface area (Å²) in [6.07, 6.45) is 3.20. The minimum Gasteiger partial charge on any atom is -0.363 e. The van der Waals surface area contributed by atoms with E-state index in [-0.39, 0.29) is 11.7 Å². The summed E-state index contributed by atoms with van der Waals surface area (Å²) in [5, 5.41) is 13.3. The number of nitrogens with one attached hydrogen (secondary N) is 2. The van der Waals surface area contributed by atoms with Crippen molar-refractivity contribution in [2.75, 3.05) is 5.32 Å². The Kier molecular flexibility index (Phi) is 5.10. The van der Waals surface area contributed by atoms with Gasteiger partial charge in [-0.05, 0) is 35.4 Å². The minimum atomic E-state index is -0.747. The number of carbonyl (C=O) groups is 1. The molecular formula is C20H16F2N6O. The molecule has 9 heteroatoms. The Morgan fingerprint density at radius 1 is 0.966 bits per heavy atom. The van der Waals surface area contributed by atoms with Crippen LogP contribution in [0.4, 0.5) is 14.6 Å². The molecule has 0 aliphatic carbocycles. The first kappa shape index (κ1) is 18.5. The molecule has 2 N–H and O–H groups in total. The summed E-state index contributed by atoms with van der Waals surface area (Å²) in [4.78, 5) is 15.8. The number of hydrogen-bond donors (Lipinski definition) is 2. The van der Waals surface area contributed by atoms with Crippen molar-refractivity contribution in [1.82, 2.24) is 24.9 Å². The van der Waals surface area contributed by atoms with Crippen LogP contribution in [-0.2, 0) is 13.1 Å². The third-order valence-electron chi connectivity index (χ3n) is 4.30. The van der Waals surface area contributed by atoms with Gasteiger partial charge in [-0.3, -0.25) is 9.20 Å². The van der Waals surface area contributed by atoms with Gasteiger partial charge in [-0.1, -0.05) is 24.3 Å². The fourth-order valence-corrected chi connectivity index (χ4v) is 2.75. The van der Waals surface area contributed by atoms with Gasteiger partial charge in [-0.25, -0.2) is 4.39 Å². The van der Waals surface area contributed by atoms with E-state index in [1.807, 2.05) is 24.3 Å². The third kappa shape index (κ3) is 4.34. The molecule has 0 aliphatic rings.